The highest BCUT2D eigenvalue weighted by atomic mass is 35.5. The molecule has 2 aromatic rings. The number of likely N-dealkylation sites (tertiary alicyclic amines) is 1. The molecule has 3 rings (SSSR count). The summed E-state index contributed by atoms with van der Waals surface area (Å²) in [6, 6.07) is 10.3. The monoisotopic (exact) mass is 517 g/mol. The van der Waals surface area contributed by atoms with E-state index in [2.05, 4.69) is 4.74 Å². The number of piperidine rings is 1. The number of hydrogen-bond acceptors (Lipinski definition) is 4. The first-order chi connectivity index (χ1) is 16.1. The van der Waals surface area contributed by atoms with E-state index in [0.29, 0.717) is 34.0 Å². The molecule has 5 nitrogen and oxygen atoms in total. The van der Waals surface area contributed by atoms with Crippen molar-refractivity contribution >= 4 is 35.6 Å². The molecule has 34 heavy (non-hydrogen) atoms. The zero-order chi connectivity index (χ0) is 24.9. The summed E-state index contributed by atoms with van der Waals surface area (Å²) in [5.41, 5.74) is 2.63. The summed E-state index contributed by atoms with van der Waals surface area (Å²) in [4.78, 5) is 24.4. The minimum absolute atomic E-state index is 0.0791. The number of hydrogen-bond donors (Lipinski definition) is 1. The number of aliphatic hydroxyl groups is 1. The Morgan fingerprint density at radius 3 is 2.24 bits per heavy atom. The van der Waals surface area contributed by atoms with E-state index >= 15 is 0 Å². The van der Waals surface area contributed by atoms with E-state index in [-0.39, 0.29) is 44.7 Å². The Morgan fingerprint density at radius 1 is 1.12 bits per heavy atom. The molecule has 0 saturated carbocycles. The lowest BCUT2D eigenvalue weighted by molar-refractivity contribution is -0.183. The van der Waals surface area contributed by atoms with Crippen molar-refractivity contribution in [3.63, 3.8) is 0 Å². The molecule has 1 saturated heterocycles. The molecule has 1 heterocycles. The standard InChI is InChI=1S/C24H24Cl2F3NO4/c25-20-12-17(13-21(26)19(20)2-1-3-22(32)34-14-31)15-4-6-16(7-5-15)23(33)30-10-8-18(9-11-30)24(27,28)29/h4-7,12-14,18,22,32H,1-3,8-11H2. The molecule has 0 bridgehead atoms. The van der Waals surface area contributed by atoms with E-state index in [1.54, 1.807) is 36.4 Å². The number of benzene rings is 2. The van der Waals surface area contributed by atoms with Gasteiger partial charge in [0, 0.05) is 35.1 Å². The number of alkyl halides is 3. The molecule has 1 aliphatic rings. The SMILES string of the molecule is O=COC(O)CCCc1c(Cl)cc(-c2ccc(C(=O)N3CCC(C(F)(F)F)CC3)cc2)cc1Cl. The van der Waals surface area contributed by atoms with Crippen LogP contribution in [0, 0.1) is 5.92 Å². The highest BCUT2D eigenvalue weighted by Crippen LogP contribution is 2.35. The number of nitrogens with zero attached hydrogens (tertiary/aromatic N) is 1. The second kappa shape index (κ2) is 11.4. The number of rotatable bonds is 8. The van der Waals surface area contributed by atoms with Crippen molar-refractivity contribution in [1.82, 2.24) is 4.90 Å². The van der Waals surface area contributed by atoms with Crippen LogP contribution in [0.3, 0.4) is 0 Å². The minimum atomic E-state index is -4.22. The molecule has 1 atom stereocenters. The van der Waals surface area contributed by atoms with Crippen molar-refractivity contribution in [2.75, 3.05) is 13.1 Å². The first-order valence-corrected chi connectivity index (χ1v) is 11.6. The van der Waals surface area contributed by atoms with E-state index in [9.17, 15) is 27.9 Å². The Bertz CT molecular complexity index is 983. The molecule has 2 aromatic carbocycles. The van der Waals surface area contributed by atoms with Crippen molar-refractivity contribution < 1.29 is 32.6 Å². The number of aliphatic hydroxyl groups excluding tert-OH is 1. The topological polar surface area (TPSA) is 66.8 Å². The van der Waals surface area contributed by atoms with Crippen LogP contribution in [0.15, 0.2) is 36.4 Å². The molecule has 1 amide bonds. The molecule has 184 valence electrons. The molecule has 0 spiro atoms. The third kappa shape index (κ3) is 6.64. The van der Waals surface area contributed by atoms with Gasteiger partial charge in [0.2, 0.25) is 0 Å². The highest BCUT2D eigenvalue weighted by Gasteiger charge is 2.41. The van der Waals surface area contributed by atoms with Crippen LogP contribution >= 0.6 is 23.2 Å². The summed E-state index contributed by atoms with van der Waals surface area (Å²) in [6.45, 7) is 0.347. The molecular weight excluding hydrogens is 494 g/mol. The van der Waals surface area contributed by atoms with Gasteiger partial charge in [0.05, 0.1) is 5.92 Å². The van der Waals surface area contributed by atoms with Crippen LogP contribution in [0.2, 0.25) is 10.0 Å². The van der Waals surface area contributed by atoms with Gasteiger partial charge in [-0.1, -0.05) is 35.3 Å². The first-order valence-electron chi connectivity index (χ1n) is 10.8. The second-order valence-electron chi connectivity index (χ2n) is 8.18. The summed E-state index contributed by atoms with van der Waals surface area (Å²) in [6.07, 6.45) is -4.33. The van der Waals surface area contributed by atoms with Gasteiger partial charge in [0.1, 0.15) is 0 Å². The average Bonchev–Trinajstić information content (AvgIpc) is 2.80. The molecule has 1 aliphatic heterocycles. The first kappa shape index (κ1) is 26.3. The van der Waals surface area contributed by atoms with Gasteiger partial charge in [-0.3, -0.25) is 9.59 Å². The highest BCUT2D eigenvalue weighted by molar-refractivity contribution is 6.36. The number of carbonyl (C=O) groups is 2. The second-order valence-corrected chi connectivity index (χ2v) is 9.00. The van der Waals surface area contributed by atoms with Crippen molar-refractivity contribution in [3.05, 3.63) is 57.6 Å². The fourth-order valence-electron chi connectivity index (χ4n) is 3.99. The molecule has 0 radical (unpaired) electrons. The van der Waals surface area contributed by atoms with Crippen molar-refractivity contribution in [1.29, 1.82) is 0 Å². The Morgan fingerprint density at radius 2 is 1.71 bits per heavy atom. The quantitative estimate of drug-likeness (QED) is 0.350. The summed E-state index contributed by atoms with van der Waals surface area (Å²) >= 11 is 12.8. The third-order valence-electron chi connectivity index (χ3n) is 5.94. The molecule has 10 heteroatoms. The predicted molar refractivity (Wildman–Crippen MR) is 123 cm³/mol. The summed E-state index contributed by atoms with van der Waals surface area (Å²) in [5.74, 6) is -1.65. The van der Waals surface area contributed by atoms with Crippen molar-refractivity contribution in [2.24, 2.45) is 5.92 Å². The van der Waals surface area contributed by atoms with Gasteiger partial charge in [-0.15, -0.1) is 0 Å². The fraction of sp³-hybridized carbons (Fsp3) is 0.417. The van der Waals surface area contributed by atoms with Gasteiger partial charge in [0.25, 0.3) is 12.4 Å². The summed E-state index contributed by atoms with van der Waals surface area (Å²) < 4.78 is 43.0. The zero-order valence-electron chi connectivity index (χ0n) is 18.2. The van der Waals surface area contributed by atoms with Gasteiger partial charge >= 0.3 is 6.18 Å². The summed E-state index contributed by atoms with van der Waals surface area (Å²) in [5, 5.41) is 10.3. The van der Waals surface area contributed by atoms with Crippen LogP contribution in [0.5, 0.6) is 0 Å². The van der Waals surface area contributed by atoms with E-state index in [1.807, 2.05) is 0 Å². The van der Waals surface area contributed by atoms with Crippen LogP contribution in [-0.2, 0) is 16.0 Å². The van der Waals surface area contributed by atoms with Crippen LogP contribution in [0.1, 0.15) is 41.6 Å². The van der Waals surface area contributed by atoms with Gasteiger partial charge in [-0.25, -0.2) is 0 Å². The molecule has 1 N–H and O–H groups in total. The van der Waals surface area contributed by atoms with Gasteiger partial charge in [-0.05, 0) is 66.6 Å². The predicted octanol–water partition coefficient (Wildman–Crippen LogP) is 5.89. The van der Waals surface area contributed by atoms with E-state index in [4.69, 9.17) is 23.2 Å². The molecule has 1 fully saturated rings. The Hall–Kier alpha value is -2.29. The van der Waals surface area contributed by atoms with Gasteiger partial charge in [0.15, 0.2) is 6.29 Å². The smallest absolute Gasteiger partial charge is 0.391 e. The number of amides is 1. The Labute approximate surface area is 205 Å². The largest absolute Gasteiger partial charge is 0.438 e. The third-order valence-corrected chi connectivity index (χ3v) is 6.62. The zero-order valence-corrected chi connectivity index (χ0v) is 19.7. The van der Waals surface area contributed by atoms with Crippen molar-refractivity contribution in [3.8, 4) is 11.1 Å². The van der Waals surface area contributed by atoms with E-state index in [1.165, 1.54) is 4.90 Å². The van der Waals surface area contributed by atoms with Crippen LogP contribution in [-0.4, -0.2) is 47.9 Å². The van der Waals surface area contributed by atoms with E-state index in [0.717, 1.165) is 11.1 Å². The van der Waals surface area contributed by atoms with Crippen LogP contribution in [0.25, 0.3) is 11.1 Å². The Kier molecular flexibility index (Phi) is 8.84. The maximum Gasteiger partial charge on any atom is 0.391 e. The van der Waals surface area contributed by atoms with Crippen molar-refractivity contribution in [2.45, 2.75) is 44.6 Å². The minimum Gasteiger partial charge on any atom is -0.438 e. The number of carbonyl (C=O) groups excluding carboxylic acids is 2. The number of ether oxygens (including phenoxy) is 1. The lowest BCUT2D eigenvalue weighted by Gasteiger charge is -2.33. The summed E-state index contributed by atoms with van der Waals surface area (Å²) in [7, 11) is 0. The maximum absolute atomic E-state index is 12.9. The molecule has 0 aromatic heterocycles. The van der Waals surface area contributed by atoms with Gasteiger partial charge in [-0.2, -0.15) is 13.2 Å². The molecular formula is C24H24Cl2F3NO4. The lowest BCUT2D eigenvalue weighted by atomic mass is 9.95. The van der Waals surface area contributed by atoms with Crippen LogP contribution in [0.4, 0.5) is 13.2 Å². The normalized spacial score (nSPS) is 15.8. The van der Waals surface area contributed by atoms with Gasteiger partial charge < -0.3 is 14.7 Å². The molecule has 1 unspecified atom stereocenters. The van der Waals surface area contributed by atoms with Crippen LogP contribution < -0.4 is 0 Å². The fourth-order valence-corrected chi connectivity index (χ4v) is 4.67. The lowest BCUT2D eigenvalue weighted by Crippen LogP contribution is -2.42. The average molecular weight is 518 g/mol. The van der Waals surface area contributed by atoms with E-state index < -0.39 is 18.4 Å². The maximum atomic E-state index is 12.9. The Balaban J connectivity index is 1.64. The molecule has 0 aliphatic carbocycles. The number of halogens is 5.